The normalized spacial score (nSPS) is 20.2. The second-order valence-corrected chi connectivity index (χ2v) is 5.96. The molecular weight excluding hydrogens is 305 g/mol. The predicted molar refractivity (Wildman–Crippen MR) is 72.2 cm³/mol. The average Bonchev–Trinajstić information content (AvgIpc) is 2.34. The molecule has 1 fully saturated rings. The van der Waals surface area contributed by atoms with E-state index in [1.54, 1.807) is 18.2 Å². The molecule has 0 bridgehead atoms. The van der Waals surface area contributed by atoms with Gasteiger partial charge in [-0.2, -0.15) is 11.8 Å². The first-order valence-corrected chi connectivity index (χ1v) is 7.41. The summed E-state index contributed by atoms with van der Waals surface area (Å²) < 4.78 is 14.1. The molecule has 5 heteroatoms. The summed E-state index contributed by atoms with van der Waals surface area (Å²) >= 11 is 4.92. The lowest BCUT2D eigenvalue weighted by Gasteiger charge is -2.22. The van der Waals surface area contributed by atoms with E-state index >= 15 is 0 Å². The van der Waals surface area contributed by atoms with E-state index in [0.717, 1.165) is 18.1 Å². The van der Waals surface area contributed by atoms with Crippen molar-refractivity contribution in [3.8, 4) is 0 Å². The van der Waals surface area contributed by atoms with Crippen molar-refractivity contribution < 1.29 is 9.18 Å². The maximum Gasteiger partial charge on any atom is 0.167 e. The van der Waals surface area contributed by atoms with E-state index in [4.69, 9.17) is 0 Å². The second kappa shape index (κ2) is 5.98. The zero-order valence-corrected chi connectivity index (χ0v) is 11.6. The number of benzene rings is 1. The van der Waals surface area contributed by atoms with Gasteiger partial charge in [0.1, 0.15) is 5.82 Å². The van der Waals surface area contributed by atoms with Crippen molar-refractivity contribution in [1.82, 2.24) is 5.32 Å². The summed E-state index contributed by atoms with van der Waals surface area (Å²) in [4.78, 5) is 12.0. The molecule has 0 saturated carbocycles. The zero-order chi connectivity index (χ0) is 12.3. The SMILES string of the molecule is O=C(CC1CSCCN1)c1cccc(Br)c1F. The first-order valence-electron chi connectivity index (χ1n) is 5.47. The lowest BCUT2D eigenvalue weighted by Crippen LogP contribution is -2.39. The van der Waals surface area contributed by atoms with E-state index in [2.05, 4.69) is 21.2 Å². The third kappa shape index (κ3) is 3.30. The number of hydrogen-bond donors (Lipinski definition) is 1. The van der Waals surface area contributed by atoms with E-state index in [1.807, 2.05) is 11.8 Å². The predicted octanol–water partition coefficient (Wildman–Crippen LogP) is 2.87. The molecule has 2 rings (SSSR count). The fraction of sp³-hybridized carbons (Fsp3) is 0.417. The van der Waals surface area contributed by atoms with Crippen LogP contribution in [-0.4, -0.2) is 29.9 Å². The first kappa shape index (κ1) is 13.1. The summed E-state index contributed by atoms with van der Waals surface area (Å²) in [5.74, 6) is 1.40. The van der Waals surface area contributed by atoms with Crippen LogP contribution in [0.1, 0.15) is 16.8 Å². The number of Topliss-reactive ketones (excluding diaryl/α,β-unsaturated/α-hetero) is 1. The average molecular weight is 318 g/mol. The van der Waals surface area contributed by atoms with Gasteiger partial charge in [-0.05, 0) is 28.1 Å². The molecule has 1 aromatic rings. The third-order valence-electron chi connectivity index (χ3n) is 2.68. The Labute approximate surface area is 112 Å². The monoisotopic (exact) mass is 317 g/mol. The highest BCUT2D eigenvalue weighted by molar-refractivity contribution is 9.10. The van der Waals surface area contributed by atoms with Crippen LogP contribution in [0.4, 0.5) is 4.39 Å². The molecule has 0 spiro atoms. The number of hydrogen-bond acceptors (Lipinski definition) is 3. The Hall–Kier alpha value is -0.390. The maximum atomic E-state index is 13.7. The minimum atomic E-state index is -0.457. The van der Waals surface area contributed by atoms with Gasteiger partial charge in [0, 0.05) is 30.5 Å². The highest BCUT2D eigenvalue weighted by atomic mass is 79.9. The van der Waals surface area contributed by atoms with Crippen LogP contribution in [0, 0.1) is 5.82 Å². The van der Waals surface area contributed by atoms with Gasteiger partial charge in [-0.1, -0.05) is 6.07 Å². The number of carbonyl (C=O) groups excluding carboxylic acids is 1. The Kier molecular flexibility index (Phi) is 4.59. The molecule has 0 aliphatic carbocycles. The van der Waals surface area contributed by atoms with E-state index in [9.17, 15) is 9.18 Å². The van der Waals surface area contributed by atoms with Crippen LogP contribution in [0.15, 0.2) is 22.7 Å². The van der Waals surface area contributed by atoms with E-state index in [-0.39, 0.29) is 17.4 Å². The molecule has 1 aliphatic rings. The highest BCUT2D eigenvalue weighted by Crippen LogP contribution is 2.21. The molecule has 2 nitrogen and oxygen atoms in total. The maximum absolute atomic E-state index is 13.7. The molecule has 92 valence electrons. The lowest BCUT2D eigenvalue weighted by atomic mass is 10.0. The van der Waals surface area contributed by atoms with Crippen molar-refractivity contribution in [1.29, 1.82) is 0 Å². The van der Waals surface area contributed by atoms with Crippen LogP contribution >= 0.6 is 27.7 Å². The molecule has 1 unspecified atom stereocenters. The van der Waals surface area contributed by atoms with Gasteiger partial charge in [0.05, 0.1) is 10.0 Å². The molecule has 0 radical (unpaired) electrons. The van der Waals surface area contributed by atoms with Crippen molar-refractivity contribution >= 4 is 33.5 Å². The molecule has 1 aliphatic heterocycles. The van der Waals surface area contributed by atoms with Gasteiger partial charge in [0.2, 0.25) is 0 Å². The van der Waals surface area contributed by atoms with Gasteiger partial charge in [-0.3, -0.25) is 4.79 Å². The number of rotatable bonds is 3. The summed E-state index contributed by atoms with van der Waals surface area (Å²) in [6.07, 6.45) is 0.361. The molecular formula is C12H13BrFNOS. The van der Waals surface area contributed by atoms with Crippen LogP contribution in [0.3, 0.4) is 0 Å². The van der Waals surface area contributed by atoms with Gasteiger partial charge in [-0.25, -0.2) is 4.39 Å². The summed E-state index contributed by atoms with van der Waals surface area (Å²) in [5.41, 5.74) is 0.178. The second-order valence-electron chi connectivity index (χ2n) is 3.95. The van der Waals surface area contributed by atoms with Crippen molar-refractivity contribution in [3.63, 3.8) is 0 Å². The van der Waals surface area contributed by atoms with Crippen LogP contribution in [-0.2, 0) is 0 Å². The highest BCUT2D eigenvalue weighted by Gasteiger charge is 2.20. The van der Waals surface area contributed by atoms with Crippen molar-refractivity contribution in [2.75, 3.05) is 18.1 Å². The topological polar surface area (TPSA) is 29.1 Å². The largest absolute Gasteiger partial charge is 0.312 e. The molecule has 1 aromatic carbocycles. The Morgan fingerprint density at radius 3 is 3.12 bits per heavy atom. The molecule has 1 saturated heterocycles. The number of ketones is 1. The summed E-state index contributed by atoms with van der Waals surface area (Å²) in [6, 6.07) is 4.99. The Morgan fingerprint density at radius 2 is 2.41 bits per heavy atom. The van der Waals surface area contributed by atoms with Crippen molar-refractivity contribution in [2.24, 2.45) is 0 Å². The smallest absolute Gasteiger partial charge is 0.167 e. The zero-order valence-electron chi connectivity index (χ0n) is 9.21. The fourth-order valence-corrected chi connectivity index (χ4v) is 3.12. The number of nitrogens with one attached hydrogen (secondary N) is 1. The third-order valence-corrected chi connectivity index (χ3v) is 4.43. The van der Waals surface area contributed by atoms with Gasteiger partial charge >= 0.3 is 0 Å². The van der Waals surface area contributed by atoms with Crippen molar-refractivity contribution in [3.05, 3.63) is 34.1 Å². The number of halogens is 2. The van der Waals surface area contributed by atoms with Crippen LogP contribution in [0.5, 0.6) is 0 Å². The quantitative estimate of drug-likeness (QED) is 0.869. The Balaban J connectivity index is 2.06. The molecule has 17 heavy (non-hydrogen) atoms. The molecule has 1 heterocycles. The molecule has 0 aromatic heterocycles. The fourth-order valence-electron chi connectivity index (χ4n) is 1.80. The van der Waals surface area contributed by atoms with Crippen molar-refractivity contribution in [2.45, 2.75) is 12.5 Å². The molecule has 1 atom stereocenters. The van der Waals surface area contributed by atoms with Crippen LogP contribution < -0.4 is 5.32 Å². The van der Waals surface area contributed by atoms with Gasteiger partial charge < -0.3 is 5.32 Å². The summed E-state index contributed by atoms with van der Waals surface area (Å²) in [6.45, 7) is 0.920. The minimum Gasteiger partial charge on any atom is -0.312 e. The van der Waals surface area contributed by atoms with E-state index in [0.29, 0.717) is 10.9 Å². The first-order chi connectivity index (χ1) is 8.18. The van der Waals surface area contributed by atoms with Gasteiger partial charge in [0.15, 0.2) is 5.78 Å². The lowest BCUT2D eigenvalue weighted by molar-refractivity contribution is 0.0968. The Bertz CT molecular complexity index is 421. The van der Waals surface area contributed by atoms with Gasteiger partial charge in [-0.15, -0.1) is 0 Å². The molecule has 0 amide bonds. The number of carbonyl (C=O) groups is 1. The summed E-state index contributed by atoms with van der Waals surface area (Å²) in [7, 11) is 0. The summed E-state index contributed by atoms with van der Waals surface area (Å²) in [5, 5.41) is 3.28. The Morgan fingerprint density at radius 1 is 1.59 bits per heavy atom. The minimum absolute atomic E-state index is 0.135. The number of thioether (sulfide) groups is 1. The van der Waals surface area contributed by atoms with Gasteiger partial charge in [0.25, 0.3) is 0 Å². The van der Waals surface area contributed by atoms with E-state index < -0.39 is 5.82 Å². The standard InChI is InChI=1S/C12H13BrFNOS/c13-10-3-1-2-9(12(10)14)11(16)6-8-7-17-5-4-15-8/h1-3,8,15H,4-7H2. The van der Waals surface area contributed by atoms with E-state index in [1.165, 1.54) is 0 Å². The molecule has 1 N–H and O–H groups in total. The van der Waals surface area contributed by atoms with Crippen LogP contribution in [0.2, 0.25) is 0 Å². The van der Waals surface area contributed by atoms with Crippen LogP contribution in [0.25, 0.3) is 0 Å².